The Bertz CT molecular complexity index is 916. The molecule has 0 N–H and O–H groups in total. The summed E-state index contributed by atoms with van der Waals surface area (Å²) in [6.07, 6.45) is -10.3. The topological polar surface area (TPSA) is 63.7 Å². The van der Waals surface area contributed by atoms with Crippen LogP contribution in [-0.4, -0.2) is 52.7 Å². The minimum atomic E-state index is -5.12. The number of rotatable bonds is 3. The molecule has 1 aromatic carbocycles. The maximum atomic E-state index is 13.3. The molecule has 0 atom stereocenters. The molecule has 2 rings (SSSR count). The van der Waals surface area contributed by atoms with Crippen LogP contribution >= 0.6 is 0 Å². The summed E-state index contributed by atoms with van der Waals surface area (Å²) < 4.78 is 109. The molecule has 0 spiro atoms. The van der Waals surface area contributed by atoms with E-state index < -0.39 is 67.5 Å². The minimum absolute atomic E-state index is 0.0591. The molecule has 1 fully saturated rings. The molecule has 1 saturated heterocycles. The maximum absolute atomic E-state index is 13.3. The molecule has 1 radical (unpaired) electrons. The predicted octanol–water partition coefficient (Wildman–Crippen LogP) is 4.94. The summed E-state index contributed by atoms with van der Waals surface area (Å²) in [4.78, 5) is 12.1. The second-order valence-corrected chi connectivity index (χ2v) is 15.5. The molecule has 175 valence electrons. The molecular formula is C18H21AsF6NO4S. The zero-order valence-electron chi connectivity index (χ0n) is 16.8. The third-order valence-electron chi connectivity index (χ3n) is 4.30. The van der Waals surface area contributed by atoms with Crippen LogP contribution in [0.2, 0.25) is 4.71 Å². The number of carbonyl (C=O) groups is 1. The van der Waals surface area contributed by atoms with Gasteiger partial charge in [0.05, 0.1) is 0 Å². The summed E-state index contributed by atoms with van der Waals surface area (Å²) >= 11 is -1.80. The van der Waals surface area contributed by atoms with Gasteiger partial charge in [-0.15, -0.1) is 0 Å². The van der Waals surface area contributed by atoms with E-state index in [1.165, 1.54) is 4.90 Å². The number of ether oxygens (including phenoxy) is 1. The van der Waals surface area contributed by atoms with Gasteiger partial charge in [0, 0.05) is 0 Å². The average Bonchev–Trinajstić information content (AvgIpc) is 2.58. The van der Waals surface area contributed by atoms with Crippen LogP contribution < -0.4 is 0 Å². The van der Waals surface area contributed by atoms with Crippen molar-refractivity contribution in [1.82, 2.24) is 4.90 Å². The second-order valence-electron chi connectivity index (χ2n) is 7.99. The van der Waals surface area contributed by atoms with E-state index in [2.05, 4.69) is 0 Å². The first-order valence-electron chi connectivity index (χ1n) is 9.14. The summed E-state index contributed by atoms with van der Waals surface area (Å²) in [6.45, 7) is 5.35. The fourth-order valence-electron chi connectivity index (χ4n) is 2.88. The summed E-state index contributed by atoms with van der Waals surface area (Å²) in [6, 6.07) is 0.434. The van der Waals surface area contributed by atoms with Gasteiger partial charge in [-0.05, 0) is 0 Å². The number of hydrogen-bond acceptors (Lipinski definition) is 4. The monoisotopic (exact) mass is 536 g/mol. The van der Waals surface area contributed by atoms with Crippen molar-refractivity contribution < 1.29 is 44.3 Å². The third kappa shape index (κ3) is 7.03. The van der Waals surface area contributed by atoms with E-state index in [0.29, 0.717) is 0 Å². The molecule has 0 unspecified atom stereocenters. The van der Waals surface area contributed by atoms with E-state index in [4.69, 9.17) is 4.74 Å². The van der Waals surface area contributed by atoms with Gasteiger partial charge in [-0.25, -0.2) is 0 Å². The van der Waals surface area contributed by atoms with Crippen LogP contribution in [0.5, 0.6) is 0 Å². The van der Waals surface area contributed by atoms with Crippen molar-refractivity contribution in [2.75, 3.05) is 13.1 Å². The molecular weight excluding hydrogens is 515 g/mol. The Labute approximate surface area is 181 Å². The van der Waals surface area contributed by atoms with Crippen LogP contribution in [0.1, 0.15) is 44.7 Å². The first-order valence-corrected chi connectivity index (χ1v) is 14.0. The van der Waals surface area contributed by atoms with Gasteiger partial charge in [0.25, 0.3) is 0 Å². The van der Waals surface area contributed by atoms with Crippen molar-refractivity contribution in [3.05, 3.63) is 29.3 Å². The Balaban J connectivity index is 2.21. The van der Waals surface area contributed by atoms with E-state index in [1.54, 1.807) is 20.8 Å². The van der Waals surface area contributed by atoms with Gasteiger partial charge in [-0.1, -0.05) is 0 Å². The number of amides is 1. The third-order valence-corrected chi connectivity index (χ3v) is 11.7. The fraction of sp³-hybridized carbons (Fsp3) is 0.611. The van der Waals surface area contributed by atoms with Gasteiger partial charge >= 0.3 is 182 Å². The fourth-order valence-corrected chi connectivity index (χ4v) is 10.3. The molecule has 1 aromatic rings. The van der Waals surface area contributed by atoms with Crippen LogP contribution in [0.15, 0.2) is 23.1 Å². The van der Waals surface area contributed by atoms with Crippen LogP contribution in [-0.2, 0) is 25.2 Å². The van der Waals surface area contributed by atoms with Crippen molar-refractivity contribution in [2.45, 2.75) is 61.2 Å². The molecule has 1 aliphatic heterocycles. The number of alkyl halides is 6. The predicted molar refractivity (Wildman–Crippen MR) is 100 cm³/mol. The number of halogens is 6. The van der Waals surface area contributed by atoms with Gasteiger partial charge in [0.2, 0.25) is 0 Å². The zero-order chi connectivity index (χ0) is 23.8. The first-order chi connectivity index (χ1) is 13.9. The average molecular weight is 536 g/mol. The second kappa shape index (κ2) is 8.84. The molecule has 13 heteroatoms. The van der Waals surface area contributed by atoms with Gasteiger partial charge in [-0.2, -0.15) is 0 Å². The van der Waals surface area contributed by atoms with Crippen LogP contribution in [0, 0.1) is 0 Å². The van der Waals surface area contributed by atoms with Gasteiger partial charge in [0.1, 0.15) is 0 Å². The molecule has 1 heterocycles. The molecule has 31 heavy (non-hydrogen) atoms. The first kappa shape index (κ1) is 25.8. The number of piperidine rings is 1. The Hall–Kier alpha value is -1.42. The Morgan fingerprint density at radius 3 is 2.03 bits per heavy atom. The van der Waals surface area contributed by atoms with Crippen molar-refractivity contribution >= 4 is 28.8 Å². The Kier molecular flexibility index (Phi) is 7.37. The van der Waals surface area contributed by atoms with Gasteiger partial charge in [0.15, 0.2) is 0 Å². The molecule has 0 aliphatic carbocycles. The van der Waals surface area contributed by atoms with Crippen molar-refractivity contribution in [3.8, 4) is 0 Å². The number of hydrogen-bond donors (Lipinski definition) is 0. The number of likely N-dealkylation sites (tertiary alicyclic amines) is 1. The molecule has 0 bridgehead atoms. The Morgan fingerprint density at radius 1 is 1.03 bits per heavy atom. The van der Waals surface area contributed by atoms with Crippen molar-refractivity contribution in [1.29, 1.82) is 0 Å². The number of benzene rings is 1. The van der Waals surface area contributed by atoms with Gasteiger partial charge in [-0.3, -0.25) is 0 Å². The molecule has 1 amide bonds. The summed E-state index contributed by atoms with van der Waals surface area (Å²) in [5.41, 5.74) is -3.79. The quantitative estimate of drug-likeness (QED) is 0.406. The SMILES string of the molecule is CC(C)(C)OC(=O)N1CCC([As]S(=O)(=O)c2cc(C(F)(F)F)ccc2C(F)(F)F)CC1. The molecule has 0 aromatic heterocycles. The van der Waals surface area contributed by atoms with E-state index in [1.807, 2.05) is 0 Å². The van der Waals surface area contributed by atoms with Crippen molar-refractivity contribution in [3.63, 3.8) is 0 Å². The molecule has 0 saturated carbocycles. The molecule has 5 nitrogen and oxygen atoms in total. The summed E-state index contributed by atoms with van der Waals surface area (Å²) in [5.74, 6) is 0. The normalized spacial score (nSPS) is 17.4. The standard InChI is InChI=1S/C18H21AsF6NO4S/c1-16(2,3)30-15(27)26-8-6-12(7-9-26)19-31(28,29)14-10-11(17(20,21)22)4-5-13(14)18(23,24)25/h4-5,10,12H,6-9H2,1-3H3. The zero-order valence-corrected chi connectivity index (χ0v) is 19.5. The van der Waals surface area contributed by atoms with E-state index in [-0.39, 0.29) is 44.1 Å². The van der Waals surface area contributed by atoms with E-state index >= 15 is 0 Å². The van der Waals surface area contributed by atoms with Crippen LogP contribution in [0.25, 0.3) is 0 Å². The van der Waals surface area contributed by atoms with Crippen molar-refractivity contribution in [2.24, 2.45) is 0 Å². The van der Waals surface area contributed by atoms with Gasteiger partial charge < -0.3 is 0 Å². The van der Waals surface area contributed by atoms with E-state index in [9.17, 15) is 39.6 Å². The Morgan fingerprint density at radius 2 is 1.58 bits per heavy atom. The summed E-state index contributed by atoms with van der Waals surface area (Å²) in [7, 11) is -4.58. The van der Waals surface area contributed by atoms with Crippen LogP contribution in [0.3, 0.4) is 0 Å². The number of carbonyl (C=O) groups excluding carboxylic acids is 1. The number of nitrogens with zero attached hydrogens (tertiary/aromatic N) is 1. The van der Waals surface area contributed by atoms with E-state index in [0.717, 1.165) is 0 Å². The molecule has 1 aliphatic rings. The van der Waals surface area contributed by atoms with Crippen LogP contribution in [0.4, 0.5) is 31.1 Å². The summed E-state index contributed by atoms with van der Waals surface area (Å²) in [5, 5.41) is 0.